The number of carbonyl (C=O) groups is 1. The van der Waals surface area contributed by atoms with Gasteiger partial charge in [0.25, 0.3) is 0 Å². The number of thioether (sulfide) groups is 1. The molecule has 0 aromatic rings. The van der Waals surface area contributed by atoms with Crippen LogP contribution in [0.15, 0.2) is 0 Å². The Bertz CT molecular complexity index is 171. The first-order valence-electron chi connectivity index (χ1n) is 4.72. The third-order valence-corrected chi connectivity index (χ3v) is 3.65. The van der Waals surface area contributed by atoms with Crippen LogP contribution in [0.4, 0.5) is 0 Å². The van der Waals surface area contributed by atoms with Crippen LogP contribution in [0.2, 0.25) is 0 Å². The fourth-order valence-corrected chi connectivity index (χ4v) is 3.02. The third kappa shape index (κ3) is 3.06. The van der Waals surface area contributed by atoms with Crippen molar-refractivity contribution in [3.8, 4) is 0 Å². The van der Waals surface area contributed by atoms with Gasteiger partial charge in [-0.3, -0.25) is 4.79 Å². The predicted molar refractivity (Wildman–Crippen MR) is 58.5 cm³/mol. The average molecular weight is 222 g/mol. The summed E-state index contributed by atoms with van der Waals surface area (Å²) in [5.74, 6) is 2.94. The van der Waals surface area contributed by atoms with Gasteiger partial charge in [-0.15, -0.1) is 11.6 Å². The first kappa shape index (κ1) is 11.2. The number of nitrogens with zero attached hydrogens (tertiary/aromatic N) is 1. The summed E-state index contributed by atoms with van der Waals surface area (Å²) in [5, 5.41) is 0. The fraction of sp³-hybridized carbons (Fsp3) is 0.889. The molecular formula is C9H16ClNOS. The Morgan fingerprint density at radius 3 is 2.92 bits per heavy atom. The lowest BCUT2D eigenvalue weighted by atomic mass is 10.2. The number of carbonyl (C=O) groups excluding carboxylic acids is 1. The molecule has 1 amide bonds. The summed E-state index contributed by atoms with van der Waals surface area (Å²) in [6, 6.07) is 0.464. The smallest absolute Gasteiger partial charge is 0.224 e. The zero-order valence-electron chi connectivity index (χ0n) is 7.96. The zero-order chi connectivity index (χ0) is 9.68. The molecule has 0 bridgehead atoms. The summed E-state index contributed by atoms with van der Waals surface area (Å²) in [5.41, 5.74) is 0. The molecule has 2 nitrogen and oxygen atoms in total. The Morgan fingerprint density at radius 1 is 1.69 bits per heavy atom. The molecule has 13 heavy (non-hydrogen) atoms. The van der Waals surface area contributed by atoms with Crippen LogP contribution in [0.5, 0.6) is 0 Å². The summed E-state index contributed by atoms with van der Waals surface area (Å²) < 4.78 is 0. The lowest BCUT2D eigenvalue weighted by molar-refractivity contribution is -0.132. The van der Waals surface area contributed by atoms with E-state index in [9.17, 15) is 4.79 Å². The van der Waals surface area contributed by atoms with Crippen LogP contribution in [-0.2, 0) is 4.79 Å². The van der Waals surface area contributed by atoms with Crippen molar-refractivity contribution >= 4 is 29.3 Å². The Balaban J connectivity index is 2.44. The van der Waals surface area contributed by atoms with Crippen LogP contribution < -0.4 is 0 Å². The molecule has 0 aliphatic carbocycles. The van der Waals surface area contributed by atoms with E-state index in [1.165, 1.54) is 5.75 Å². The number of rotatable bonds is 4. The number of halogens is 1. The van der Waals surface area contributed by atoms with E-state index in [1.807, 2.05) is 23.6 Å². The van der Waals surface area contributed by atoms with Crippen LogP contribution in [0.1, 0.15) is 19.8 Å². The van der Waals surface area contributed by atoms with Crippen molar-refractivity contribution < 1.29 is 4.79 Å². The second-order valence-electron chi connectivity index (χ2n) is 3.14. The van der Waals surface area contributed by atoms with E-state index in [2.05, 4.69) is 0 Å². The third-order valence-electron chi connectivity index (χ3n) is 2.32. The van der Waals surface area contributed by atoms with Gasteiger partial charge in [-0.2, -0.15) is 11.8 Å². The SMILES string of the molecule is CCN(C(=O)CCCl)[C@H]1CCSC1. The maximum atomic E-state index is 11.6. The summed E-state index contributed by atoms with van der Waals surface area (Å²) in [6.45, 7) is 2.86. The van der Waals surface area contributed by atoms with E-state index in [4.69, 9.17) is 11.6 Å². The van der Waals surface area contributed by atoms with Crippen LogP contribution in [0.25, 0.3) is 0 Å². The second-order valence-corrected chi connectivity index (χ2v) is 4.66. The second kappa shape index (κ2) is 5.76. The van der Waals surface area contributed by atoms with E-state index in [1.54, 1.807) is 0 Å². The van der Waals surface area contributed by atoms with Crippen molar-refractivity contribution in [1.82, 2.24) is 4.90 Å². The number of amides is 1. The van der Waals surface area contributed by atoms with E-state index < -0.39 is 0 Å². The molecule has 1 saturated heterocycles. The topological polar surface area (TPSA) is 20.3 Å². The molecule has 1 aliphatic heterocycles. The normalized spacial score (nSPS) is 21.8. The molecule has 0 aromatic heterocycles. The highest BCUT2D eigenvalue weighted by molar-refractivity contribution is 7.99. The summed E-state index contributed by atoms with van der Waals surface area (Å²) in [4.78, 5) is 13.6. The van der Waals surface area contributed by atoms with Crippen molar-refractivity contribution in [2.75, 3.05) is 23.9 Å². The van der Waals surface area contributed by atoms with Gasteiger partial charge in [-0.1, -0.05) is 0 Å². The maximum absolute atomic E-state index is 11.6. The highest BCUT2D eigenvalue weighted by Gasteiger charge is 2.24. The lowest BCUT2D eigenvalue weighted by Crippen LogP contribution is -2.40. The van der Waals surface area contributed by atoms with Crippen LogP contribution in [-0.4, -0.2) is 40.8 Å². The van der Waals surface area contributed by atoms with Crippen molar-refractivity contribution in [2.45, 2.75) is 25.8 Å². The van der Waals surface area contributed by atoms with Crippen LogP contribution in [0.3, 0.4) is 0 Å². The minimum absolute atomic E-state index is 0.213. The van der Waals surface area contributed by atoms with Gasteiger partial charge < -0.3 is 4.90 Å². The quantitative estimate of drug-likeness (QED) is 0.677. The van der Waals surface area contributed by atoms with E-state index >= 15 is 0 Å². The zero-order valence-corrected chi connectivity index (χ0v) is 9.53. The highest BCUT2D eigenvalue weighted by Crippen LogP contribution is 2.22. The van der Waals surface area contributed by atoms with Gasteiger partial charge in [0.2, 0.25) is 5.91 Å². The van der Waals surface area contributed by atoms with Crippen molar-refractivity contribution in [2.24, 2.45) is 0 Å². The minimum atomic E-state index is 0.213. The van der Waals surface area contributed by atoms with Gasteiger partial charge in [0.1, 0.15) is 0 Å². The molecule has 1 fully saturated rings. The van der Waals surface area contributed by atoms with E-state index in [0.717, 1.165) is 18.7 Å². The maximum Gasteiger partial charge on any atom is 0.224 e. The van der Waals surface area contributed by atoms with Crippen molar-refractivity contribution in [3.63, 3.8) is 0 Å². The van der Waals surface area contributed by atoms with Crippen molar-refractivity contribution in [3.05, 3.63) is 0 Å². The largest absolute Gasteiger partial charge is 0.339 e. The van der Waals surface area contributed by atoms with Gasteiger partial charge in [-0.05, 0) is 19.1 Å². The summed E-state index contributed by atoms with van der Waals surface area (Å²) in [6.07, 6.45) is 1.63. The van der Waals surface area contributed by atoms with E-state index in [0.29, 0.717) is 18.3 Å². The molecule has 0 saturated carbocycles. The Kier molecular flexibility index (Phi) is 4.96. The number of hydrogen-bond acceptors (Lipinski definition) is 2. The van der Waals surface area contributed by atoms with Gasteiger partial charge in [-0.25, -0.2) is 0 Å². The minimum Gasteiger partial charge on any atom is -0.339 e. The Labute approximate surface area is 89.0 Å². The molecule has 4 heteroatoms. The number of hydrogen-bond donors (Lipinski definition) is 0. The van der Waals surface area contributed by atoms with Gasteiger partial charge in [0.05, 0.1) is 0 Å². The fourth-order valence-electron chi connectivity index (χ4n) is 1.63. The molecule has 76 valence electrons. The molecule has 1 atom stereocenters. The lowest BCUT2D eigenvalue weighted by Gasteiger charge is -2.26. The van der Waals surface area contributed by atoms with Gasteiger partial charge in [0.15, 0.2) is 0 Å². The molecule has 0 N–H and O–H groups in total. The van der Waals surface area contributed by atoms with Crippen LogP contribution in [0, 0.1) is 0 Å². The molecule has 1 heterocycles. The Hall–Kier alpha value is 0.110. The molecule has 1 rings (SSSR count). The molecule has 0 unspecified atom stereocenters. The highest BCUT2D eigenvalue weighted by atomic mass is 35.5. The van der Waals surface area contributed by atoms with Crippen LogP contribution >= 0.6 is 23.4 Å². The molecule has 1 aliphatic rings. The van der Waals surface area contributed by atoms with E-state index in [-0.39, 0.29) is 5.91 Å². The molecule has 0 radical (unpaired) electrons. The molecule has 0 aromatic carbocycles. The predicted octanol–water partition coefficient (Wildman–Crippen LogP) is 1.97. The molecule has 0 spiro atoms. The Morgan fingerprint density at radius 2 is 2.46 bits per heavy atom. The average Bonchev–Trinajstić information content (AvgIpc) is 2.59. The van der Waals surface area contributed by atoms with Gasteiger partial charge >= 0.3 is 0 Å². The monoisotopic (exact) mass is 221 g/mol. The first-order valence-corrected chi connectivity index (χ1v) is 6.41. The summed E-state index contributed by atoms with van der Waals surface area (Å²) in [7, 11) is 0. The van der Waals surface area contributed by atoms with Crippen molar-refractivity contribution in [1.29, 1.82) is 0 Å². The summed E-state index contributed by atoms with van der Waals surface area (Å²) >= 11 is 7.49. The standard InChI is InChI=1S/C9H16ClNOS/c1-2-11(9(12)3-5-10)8-4-6-13-7-8/h8H,2-7H2,1H3/t8-/m0/s1. The molecular weight excluding hydrogens is 206 g/mol. The van der Waals surface area contributed by atoms with Gasteiger partial charge in [0, 0.05) is 30.6 Å². The number of alkyl halides is 1. The first-order chi connectivity index (χ1) is 6.29.